The number of rotatable bonds is 3. The molecule has 0 unspecified atom stereocenters. The van der Waals surface area contributed by atoms with E-state index in [9.17, 15) is 13.2 Å². The molecule has 0 radical (unpaired) electrons. The van der Waals surface area contributed by atoms with Crippen molar-refractivity contribution in [2.24, 2.45) is 0 Å². The molecule has 2 aromatic carbocycles. The number of amides is 2. The monoisotopic (exact) mass is 363 g/mol. The average Bonchev–Trinajstić information content (AvgIpc) is 2.97. The summed E-state index contributed by atoms with van der Waals surface area (Å²) >= 11 is 6.18. The highest BCUT2D eigenvalue weighted by molar-refractivity contribution is 7.93. The van der Waals surface area contributed by atoms with Crippen LogP contribution in [0, 0.1) is 0 Å². The minimum absolute atomic E-state index is 0.0114. The quantitative estimate of drug-likeness (QED) is 0.748. The van der Waals surface area contributed by atoms with Gasteiger partial charge in [-0.25, -0.2) is 13.2 Å². The lowest BCUT2D eigenvalue weighted by Gasteiger charge is -2.23. The number of hydrogen-bond donors (Lipinski definition) is 2. The van der Waals surface area contributed by atoms with Crippen LogP contribution in [0.15, 0.2) is 59.6 Å². The van der Waals surface area contributed by atoms with E-state index >= 15 is 0 Å². The van der Waals surface area contributed by atoms with Crippen LogP contribution < -0.4 is 9.62 Å². The Hall–Kier alpha value is -2.51. The summed E-state index contributed by atoms with van der Waals surface area (Å²) in [4.78, 5) is 15.3. The van der Waals surface area contributed by atoms with Crippen molar-refractivity contribution in [3.8, 4) is 0 Å². The fourth-order valence-electron chi connectivity index (χ4n) is 2.44. The van der Waals surface area contributed by atoms with Crippen LogP contribution in [0.1, 0.15) is 0 Å². The van der Waals surface area contributed by atoms with Gasteiger partial charge in [-0.15, -0.1) is 0 Å². The van der Waals surface area contributed by atoms with Crippen LogP contribution in [0.5, 0.6) is 0 Å². The number of anilines is 1. The minimum Gasteiger partial charge on any atom is -0.360 e. The lowest BCUT2D eigenvalue weighted by molar-refractivity contribution is 0.251. The Kier molecular flexibility index (Phi) is 4.21. The fraction of sp³-hybridized carbons (Fsp3) is 0.0625. The summed E-state index contributed by atoms with van der Waals surface area (Å²) < 4.78 is 26.8. The molecule has 3 aromatic rings. The number of urea groups is 1. The first-order chi connectivity index (χ1) is 11.5. The van der Waals surface area contributed by atoms with Crippen LogP contribution in [0.3, 0.4) is 0 Å². The molecule has 8 heteroatoms. The van der Waals surface area contributed by atoms with Gasteiger partial charge in [0.05, 0.1) is 15.6 Å². The first-order valence-electron chi connectivity index (χ1n) is 7.04. The van der Waals surface area contributed by atoms with Gasteiger partial charge in [0, 0.05) is 24.1 Å². The number of H-pyrrole nitrogens is 1. The summed E-state index contributed by atoms with van der Waals surface area (Å²) in [6.07, 6.45) is 1.55. The van der Waals surface area contributed by atoms with Gasteiger partial charge in [0.15, 0.2) is 0 Å². The Morgan fingerprint density at radius 2 is 1.83 bits per heavy atom. The highest BCUT2D eigenvalue weighted by atomic mass is 35.5. The predicted octanol–water partition coefficient (Wildman–Crippen LogP) is 3.36. The number of aromatic nitrogens is 1. The van der Waals surface area contributed by atoms with Crippen LogP contribution in [0.2, 0.25) is 5.02 Å². The molecule has 0 fully saturated rings. The third kappa shape index (κ3) is 2.61. The van der Waals surface area contributed by atoms with Gasteiger partial charge in [0.25, 0.3) is 10.0 Å². The number of sulfonamides is 1. The fourth-order valence-corrected chi connectivity index (χ4v) is 4.13. The van der Waals surface area contributed by atoms with Crippen LogP contribution in [0.25, 0.3) is 10.9 Å². The van der Waals surface area contributed by atoms with Gasteiger partial charge in [-0.05, 0) is 24.3 Å². The Morgan fingerprint density at radius 3 is 2.50 bits per heavy atom. The Morgan fingerprint density at radius 1 is 1.12 bits per heavy atom. The standard InChI is InChI=1S/C16H14ClN3O3S/c1-18-16(21)20(24(22,23)11-6-3-2-4-7-11)14-9-5-8-13-15(14)12(17)10-19-13/h2-10,19H,1H3,(H,18,21). The number of carbonyl (C=O) groups excluding carboxylic acids is 1. The zero-order valence-electron chi connectivity index (χ0n) is 12.7. The van der Waals surface area contributed by atoms with Crippen molar-refractivity contribution in [1.82, 2.24) is 10.3 Å². The van der Waals surface area contributed by atoms with Gasteiger partial charge in [-0.1, -0.05) is 35.9 Å². The van der Waals surface area contributed by atoms with E-state index in [1.807, 2.05) is 0 Å². The maximum Gasteiger partial charge on any atom is 0.335 e. The normalized spacial score (nSPS) is 11.4. The van der Waals surface area contributed by atoms with Crippen LogP contribution in [-0.2, 0) is 10.0 Å². The Bertz CT molecular complexity index is 1000. The molecule has 0 saturated carbocycles. The smallest absolute Gasteiger partial charge is 0.335 e. The number of fused-ring (bicyclic) bond motifs is 1. The van der Waals surface area contributed by atoms with Crippen molar-refractivity contribution < 1.29 is 13.2 Å². The Balaban J connectivity index is 2.28. The lowest BCUT2D eigenvalue weighted by atomic mass is 10.2. The molecule has 0 atom stereocenters. The summed E-state index contributed by atoms with van der Waals surface area (Å²) in [7, 11) is -2.73. The lowest BCUT2D eigenvalue weighted by Crippen LogP contribution is -2.42. The van der Waals surface area contributed by atoms with E-state index in [-0.39, 0.29) is 10.6 Å². The van der Waals surface area contributed by atoms with Crippen LogP contribution in [-0.4, -0.2) is 26.5 Å². The van der Waals surface area contributed by atoms with Crippen molar-refractivity contribution in [2.75, 3.05) is 11.4 Å². The van der Waals surface area contributed by atoms with Crippen molar-refractivity contribution in [3.05, 3.63) is 59.8 Å². The van der Waals surface area contributed by atoms with Gasteiger partial charge in [0.2, 0.25) is 0 Å². The van der Waals surface area contributed by atoms with Crippen LogP contribution >= 0.6 is 11.6 Å². The number of nitrogens with zero attached hydrogens (tertiary/aromatic N) is 1. The molecule has 0 saturated heterocycles. The molecule has 2 amide bonds. The summed E-state index contributed by atoms with van der Waals surface area (Å²) in [6, 6.07) is 11.9. The van der Waals surface area contributed by atoms with E-state index in [1.165, 1.54) is 25.2 Å². The van der Waals surface area contributed by atoms with E-state index in [0.717, 1.165) is 4.31 Å². The summed E-state index contributed by atoms with van der Waals surface area (Å²) in [5.74, 6) is 0. The molecule has 0 aliphatic heterocycles. The van der Waals surface area contributed by atoms with E-state index in [4.69, 9.17) is 11.6 Å². The largest absolute Gasteiger partial charge is 0.360 e. The predicted molar refractivity (Wildman–Crippen MR) is 93.9 cm³/mol. The second-order valence-corrected chi connectivity index (χ2v) is 7.17. The van der Waals surface area contributed by atoms with E-state index in [0.29, 0.717) is 15.9 Å². The number of benzene rings is 2. The maximum atomic E-state index is 13.0. The number of halogens is 1. The molecule has 2 N–H and O–H groups in total. The number of nitrogens with one attached hydrogen (secondary N) is 2. The van der Waals surface area contributed by atoms with Gasteiger partial charge in [-0.2, -0.15) is 4.31 Å². The topological polar surface area (TPSA) is 82.3 Å². The summed E-state index contributed by atoms with van der Waals surface area (Å²) in [6.45, 7) is 0. The van der Waals surface area contributed by atoms with Crippen molar-refractivity contribution in [3.63, 3.8) is 0 Å². The van der Waals surface area contributed by atoms with Gasteiger partial charge in [0.1, 0.15) is 0 Å². The molecule has 124 valence electrons. The molecular formula is C16H14ClN3O3S. The molecule has 0 spiro atoms. The first kappa shape index (κ1) is 16.4. The van der Waals surface area contributed by atoms with E-state index in [1.54, 1.807) is 36.5 Å². The number of aromatic amines is 1. The molecule has 0 aliphatic rings. The van der Waals surface area contributed by atoms with Crippen LogP contribution in [0.4, 0.5) is 10.5 Å². The van der Waals surface area contributed by atoms with Gasteiger partial charge in [-0.3, -0.25) is 0 Å². The molecule has 3 rings (SSSR count). The molecule has 0 bridgehead atoms. The highest BCUT2D eigenvalue weighted by Crippen LogP contribution is 2.35. The molecule has 0 aliphatic carbocycles. The molecular weight excluding hydrogens is 350 g/mol. The SMILES string of the molecule is CNC(=O)N(c1cccc2[nH]cc(Cl)c12)S(=O)(=O)c1ccccc1. The van der Waals surface area contributed by atoms with Crippen molar-refractivity contribution in [2.45, 2.75) is 4.90 Å². The van der Waals surface area contributed by atoms with Crippen molar-refractivity contribution >= 4 is 44.2 Å². The maximum absolute atomic E-state index is 13.0. The van der Waals surface area contributed by atoms with Crippen molar-refractivity contribution in [1.29, 1.82) is 0 Å². The van der Waals surface area contributed by atoms with E-state index in [2.05, 4.69) is 10.3 Å². The third-order valence-corrected chi connectivity index (χ3v) is 5.54. The second-order valence-electron chi connectivity index (χ2n) is 4.97. The molecule has 24 heavy (non-hydrogen) atoms. The number of carbonyl (C=O) groups is 1. The second kappa shape index (κ2) is 6.18. The minimum atomic E-state index is -4.10. The average molecular weight is 364 g/mol. The zero-order chi connectivity index (χ0) is 17.3. The molecule has 1 aromatic heterocycles. The zero-order valence-corrected chi connectivity index (χ0v) is 14.2. The molecule has 6 nitrogen and oxygen atoms in total. The summed E-state index contributed by atoms with van der Waals surface area (Å²) in [5, 5.41) is 3.16. The summed E-state index contributed by atoms with van der Waals surface area (Å²) in [5.41, 5.74) is 0.816. The van der Waals surface area contributed by atoms with E-state index < -0.39 is 16.1 Å². The Labute approximate surface area is 144 Å². The number of hydrogen-bond acceptors (Lipinski definition) is 3. The van der Waals surface area contributed by atoms with Gasteiger partial charge < -0.3 is 10.3 Å². The molecule has 1 heterocycles. The van der Waals surface area contributed by atoms with Gasteiger partial charge >= 0.3 is 6.03 Å². The third-order valence-electron chi connectivity index (χ3n) is 3.53. The highest BCUT2D eigenvalue weighted by Gasteiger charge is 2.32. The first-order valence-corrected chi connectivity index (χ1v) is 8.86.